The van der Waals surface area contributed by atoms with Gasteiger partial charge in [0.05, 0.1) is 6.04 Å². The third-order valence-electron chi connectivity index (χ3n) is 3.12. The van der Waals surface area contributed by atoms with Gasteiger partial charge < -0.3 is 0 Å². The molecule has 17 heavy (non-hydrogen) atoms. The van der Waals surface area contributed by atoms with Crippen molar-refractivity contribution in [3.8, 4) is 0 Å². The SMILES string of the molecule is CCC[C@@H](C=N[C@H](C)C(C)(C)C)CC[N+](=O)[O-]. The minimum Gasteiger partial charge on any atom is -0.294 e. The average Bonchev–Trinajstić information content (AvgIpc) is 2.20. The molecule has 0 bridgehead atoms. The first-order chi connectivity index (χ1) is 7.77. The Morgan fingerprint density at radius 3 is 2.35 bits per heavy atom. The van der Waals surface area contributed by atoms with Gasteiger partial charge in [0.1, 0.15) is 0 Å². The van der Waals surface area contributed by atoms with E-state index in [4.69, 9.17) is 0 Å². The van der Waals surface area contributed by atoms with Crippen molar-refractivity contribution >= 4 is 6.21 Å². The summed E-state index contributed by atoms with van der Waals surface area (Å²) in [4.78, 5) is 14.7. The van der Waals surface area contributed by atoms with Crippen LogP contribution in [0.2, 0.25) is 0 Å². The summed E-state index contributed by atoms with van der Waals surface area (Å²) < 4.78 is 0. The van der Waals surface area contributed by atoms with Crippen LogP contribution in [0.25, 0.3) is 0 Å². The van der Waals surface area contributed by atoms with E-state index in [2.05, 4.69) is 39.6 Å². The number of nitro groups is 1. The van der Waals surface area contributed by atoms with Gasteiger partial charge in [-0.25, -0.2) is 0 Å². The van der Waals surface area contributed by atoms with Crippen LogP contribution < -0.4 is 0 Å². The lowest BCUT2D eigenvalue weighted by Crippen LogP contribution is -2.22. The van der Waals surface area contributed by atoms with E-state index in [1.54, 1.807) is 0 Å². The van der Waals surface area contributed by atoms with Crippen molar-refractivity contribution in [1.29, 1.82) is 0 Å². The number of hydrogen-bond acceptors (Lipinski definition) is 3. The molecule has 0 spiro atoms. The molecule has 0 rings (SSSR count). The van der Waals surface area contributed by atoms with Gasteiger partial charge in [0.25, 0.3) is 0 Å². The van der Waals surface area contributed by atoms with Crippen molar-refractivity contribution in [3.05, 3.63) is 10.1 Å². The summed E-state index contributed by atoms with van der Waals surface area (Å²) in [5.41, 5.74) is 0.149. The molecule has 0 saturated carbocycles. The molecule has 0 fully saturated rings. The Labute approximate surface area is 105 Å². The van der Waals surface area contributed by atoms with E-state index in [-0.39, 0.29) is 28.8 Å². The molecule has 100 valence electrons. The van der Waals surface area contributed by atoms with Crippen molar-refractivity contribution in [3.63, 3.8) is 0 Å². The van der Waals surface area contributed by atoms with Gasteiger partial charge in [0.2, 0.25) is 6.54 Å². The van der Waals surface area contributed by atoms with Crippen LogP contribution in [-0.4, -0.2) is 23.7 Å². The summed E-state index contributed by atoms with van der Waals surface area (Å²) in [7, 11) is 0. The molecule has 0 saturated heterocycles. The highest BCUT2D eigenvalue weighted by atomic mass is 16.6. The van der Waals surface area contributed by atoms with Gasteiger partial charge >= 0.3 is 0 Å². The number of nitrogens with zero attached hydrogens (tertiary/aromatic N) is 2. The van der Waals surface area contributed by atoms with Crippen molar-refractivity contribution in [2.75, 3.05) is 6.54 Å². The van der Waals surface area contributed by atoms with Crippen LogP contribution in [0, 0.1) is 21.4 Å². The number of rotatable bonds is 7. The lowest BCUT2D eigenvalue weighted by atomic mass is 9.88. The first-order valence-electron chi connectivity index (χ1n) is 6.42. The zero-order valence-electron chi connectivity index (χ0n) is 11.8. The highest BCUT2D eigenvalue weighted by Gasteiger charge is 2.19. The minimum atomic E-state index is -0.246. The van der Waals surface area contributed by atoms with Gasteiger partial charge in [-0.15, -0.1) is 0 Å². The molecular weight excluding hydrogens is 216 g/mol. The van der Waals surface area contributed by atoms with E-state index in [0.717, 1.165) is 12.8 Å². The van der Waals surface area contributed by atoms with Crippen molar-refractivity contribution in [2.45, 2.75) is 59.9 Å². The first-order valence-corrected chi connectivity index (χ1v) is 6.42. The maximum atomic E-state index is 10.4. The van der Waals surface area contributed by atoms with Gasteiger partial charge in [-0.1, -0.05) is 34.1 Å². The lowest BCUT2D eigenvalue weighted by Gasteiger charge is -2.24. The Morgan fingerprint density at radius 2 is 1.94 bits per heavy atom. The van der Waals surface area contributed by atoms with Crippen LogP contribution >= 0.6 is 0 Å². The second-order valence-corrected chi connectivity index (χ2v) is 5.73. The molecule has 2 atom stereocenters. The molecule has 4 nitrogen and oxygen atoms in total. The van der Waals surface area contributed by atoms with E-state index >= 15 is 0 Å². The zero-order valence-corrected chi connectivity index (χ0v) is 11.8. The minimum absolute atomic E-state index is 0.0422. The molecule has 0 aliphatic rings. The fourth-order valence-corrected chi connectivity index (χ4v) is 1.41. The average molecular weight is 242 g/mol. The summed E-state index contributed by atoms with van der Waals surface area (Å²) in [6, 6.07) is 0.248. The lowest BCUT2D eigenvalue weighted by molar-refractivity contribution is -0.481. The molecule has 0 heterocycles. The summed E-state index contributed by atoms with van der Waals surface area (Å²) in [6.45, 7) is 10.7. The molecule has 0 unspecified atom stereocenters. The summed E-state index contributed by atoms with van der Waals surface area (Å²) in [5, 5.41) is 10.4. The highest BCUT2D eigenvalue weighted by Crippen LogP contribution is 2.22. The molecule has 0 N–H and O–H groups in total. The number of aliphatic imine (C=N–C) groups is 1. The maximum Gasteiger partial charge on any atom is 0.204 e. The Kier molecular flexibility index (Phi) is 7.00. The molecule has 4 heteroatoms. The van der Waals surface area contributed by atoms with Gasteiger partial charge in [-0.05, 0) is 18.8 Å². The third-order valence-corrected chi connectivity index (χ3v) is 3.12. The normalized spacial score (nSPS) is 16.1. The Morgan fingerprint density at radius 1 is 1.35 bits per heavy atom. The van der Waals surface area contributed by atoms with E-state index in [0.29, 0.717) is 6.42 Å². The summed E-state index contributed by atoms with van der Waals surface area (Å²) in [6.07, 6.45) is 4.55. The largest absolute Gasteiger partial charge is 0.294 e. The second kappa shape index (κ2) is 7.41. The third kappa shape index (κ3) is 7.88. The van der Waals surface area contributed by atoms with E-state index < -0.39 is 0 Å². The molecule has 0 aromatic heterocycles. The molecule has 0 aliphatic carbocycles. The first kappa shape index (κ1) is 16.1. The second-order valence-electron chi connectivity index (χ2n) is 5.73. The molecular formula is C13H26N2O2. The standard InChI is InChI=1S/C13H26N2O2/c1-6-7-12(8-9-15(16)17)10-14-11(2)13(3,4)5/h10-12H,6-9H2,1-5H3/t11-,12-/m1/s1. The monoisotopic (exact) mass is 242 g/mol. The smallest absolute Gasteiger partial charge is 0.204 e. The van der Waals surface area contributed by atoms with Gasteiger partial charge in [0, 0.05) is 23.5 Å². The van der Waals surface area contributed by atoms with Crippen molar-refractivity contribution in [2.24, 2.45) is 16.3 Å². The number of hydrogen-bond donors (Lipinski definition) is 0. The zero-order chi connectivity index (χ0) is 13.5. The van der Waals surface area contributed by atoms with E-state index in [9.17, 15) is 10.1 Å². The van der Waals surface area contributed by atoms with Crippen molar-refractivity contribution in [1.82, 2.24) is 0 Å². The van der Waals surface area contributed by atoms with Gasteiger partial charge in [0.15, 0.2) is 0 Å². The fraction of sp³-hybridized carbons (Fsp3) is 0.923. The predicted molar refractivity (Wildman–Crippen MR) is 72.3 cm³/mol. The highest BCUT2D eigenvalue weighted by molar-refractivity contribution is 5.60. The van der Waals surface area contributed by atoms with Crippen LogP contribution in [-0.2, 0) is 0 Å². The Bertz CT molecular complexity index is 257. The topological polar surface area (TPSA) is 55.5 Å². The van der Waals surface area contributed by atoms with Crippen LogP contribution in [0.5, 0.6) is 0 Å². The molecule has 0 aromatic rings. The van der Waals surface area contributed by atoms with Crippen LogP contribution in [0.1, 0.15) is 53.9 Å². The Hall–Kier alpha value is -0.930. The van der Waals surface area contributed by atoms with E-state index in [1.165, 1.54) is 0 Å². The van der Waals surface area contributed by atoms with Gasteiger partial charge in [-0.3, -0.25) is 15.1 Å². The summed E-state index contributed by atoms with van der Waals surface area (Å²) >= 11 is 0. The van der Waals surface area contributed by atoms with Crippen LogP contribution in [0.4, 0.5) is 0 Å². The Balaban J connectivity index is 4.32. The van der Waals surface area contributed by atoms with Crippen molar-refractivity contribution < 1.29 is 4.92 Å². The quantitative estimate of drug-likeness (QED) is 0.389. The molecule has 0 aromatic carbocycles. The van der Waals surface area contributed by atoms with Crippen LogP contribution in [0.15, 0.2) is 4.99 Å². The molecule has 0 amide bonds. The molecule has 0 radical (unpaired) electrons. The summed E-state index contributed by atoms with van der Waals surface area (Å²) in [5.74, 6) is 0.246. The molecule has 0 aliphatic heterocycles. The van der Waals surface area contributed by atoms with Gasteiger partial charge in [-0.2, -0.15) is 0 Å². The van der Waals surface area contributed by atoms with E-state index in [1.807, 2.05) is 6.21 Å². The maximum absolute atomic E-state index is 10.4. The predicted octanol–water partition coefficient (Wildman–Crippen LogP) is 3.57. The fourth-order valence-electron chi connectivity index (χ4n) is 1.41. The van der Waals surface area contributed by atoms with Crippen LogP contribution in [0.3, 0.4) is 0 Å².